The van der Waals surface area contributed by atoms with Crippen LogP contribution in [0.2, 0.25) is 0 Å². The Morgan fingerprint density at radius 1 is 0.556 bits per heavy atom. The van der Waals surface area contributed by atoms with Crippen LogP contribution in [0, 0.1) is 0 Å². The Hall–Kier alpha value is -4.48. The number of benzene rings is 4. The minimum absolute atomic E-state index is 0.405. The smallest absolute Gasteiger partial charge is 0.221 e. The zero-order valence-corrected chi connectivity index (χ0v) is 20.0. The average Bonchev–Trinajstić information content (AvgIpc) is 3.28. The quantitative estimate of drug-likeness (QED) is 0.258. The summed E-state index contributed by atoms with van der Waals surface area (Å²) in [4.78, 5) is 13.7. The molecule has 5 aromatic rings. The van der Waals surface area contributed by atoms with E-state index >= 15 is 0 Å². The first-order valence-electron chi connectivity index (χ1n) is 12.2. The molecular weight excluding hydrogens is 444 g/mol. The molecule has 5 nitrogen and oxygen atoms in total. The largest absolute Gasteiger partial charge is 0.340 e. The standard InChI is InChI=1S/C31H26N4O/c1-2-36-31-34(27-17-13-25(14-18-27)23-9-5-3-6-10-23)29-30(33-22-21-32-29)35(31)28-19-15-26(16-20-28)24-11-7-4-8-12-24/h3-22,31H,2H2,1H3. The van der Waals surface area contributed by atoms with E-state index in [-0.39, 0.29) is 0 Å². The van der Waals surface area contributed by atoms with E-state index in [1.165, 1.54) is 22.3 Å². The highest BCUT2D eigenvalue weighted by Crippen LogP contribution is 2.45. The number of hydrogen-bond acceptors (Lipinski definition) is 5. The van der Waals surface area contributed by atoms with Gasteiger partial charge >= 0.3 is 0 Å². The highest BCUT2D eigenvalue weighted by atomic mass is 16.5. The van der Waals surface area contributed by atoms with Crippen molar-refractivity contribution in [3.63, 3.8) is 0 Å². The van der Waals surface area contributed by atoms with E-state index < -0.39 is 6.35 Å². The van der Waals surface area contributed by atoms with Crippen LogP contribution in [0.15, 0.2) is 122 Å². The van der Waals surface area contributed by atoms with Crippen molar-refractivity contribution in [2.45, 2.75) is 13.3 Å². The van der Waals surface area contributed by atoms with Crippen LogP contribution in [0.4, 0.5) is 23.0 Å². The van der Waals surface area contributed by atoms with Crippen LogP contribution in [0.5, 0.6) is 0 Å². The Labute approximate surface area is 211 Å². The van der Waals surface area contributed by atoms with Crippen LogP contribution >= 0.6 is 0 Å². The average molecular weight is 471 g/mol. The summed E-state index contributed by atoms with van der Waals surface area (Å²) in [6.07, 6.45) is 3.06. The molecule has 0 saturated carbocycles. The topological polar surface area (TPSA) is 41.5 Å². The van der Waals surface area contributed by atoms with Crippen molar-refractivity contribution < 1.29 is 4.74 Å². The molecule has 5 heteroatoms. The summed E-state index contributed by atoms with van der Waals surface area (Å²) in [7, 11) is 0. The molecule has 36 heavy (non-hydrogen) atoms. The van der Waals surface area contributed by atoms with Crippen molar-refractivity contribution in [1.29, 1.82) is 0 Å². The zero-order chi connectivity index (χ0) is 24.3. The van der Waals surface area contributed by atoms with Crippen LogP contribution in [-0.2, 0) is 4.74 Å². The molecular formula is C31H26N4O. The number of ether oxygens (including phenoxy) is 1. The van der Waals surface area contributed by atoms with Crippen molar-refractivity contribution in [2.24, 2.45) is 0 Å². The van der Waals surface area contributed by atoms with Crippen LogP contribution < -0.4 is 9.80 Å². The van der Waals surface area contributed by atoms with Crippen LogP contribution in [-0.4, -0.2) is 22.9 Å². The molecule has 6 rings (SSSR count). The lowest BCUT2D eigenvalue weighted by Gasteiger charge is -2.31. The van der Waals surface area contributed by atoms with Crippen molar-refractivity contribution in [1.82, 2.24) is 9.97 Å². The maximum absolute atomic E-state index is 6.32. The van der Waals surface area contributed by atoms with Gasteiger partial charge in [-0.3, -0.25) is 9.80 Å². The van der Waals surface area contributed by atoms with Gasteiger partial charge in [-0.1, -0.05) is 84.9 Å². The molecule has 0 N–H and O–H groups in total. The van der Waals surface area contributed by atoms with Crippen molar-refractivity contribution in [3.8, 4) is 22.3 Å². The van der Waals surface area contributed by atoms with Gasteiger partial charge in [-0.15, -0.1) is 0 Å². The van der Waals surface area contributed by atoms with E-state index in [9.17, 15) is 0 Å². The van der Waals surface area contributed by atoms with Crippen molar-refractivity contribution in [2.75, 3.05) is 16.4 Å². The number of fused-ring (bicyclic) bond motifs is 1. The summed E-state index contributed by atoms with van der Waals surface area (Å²) >= 11 is 0. The number of anilines is 4. The highest BCUT2D eigenvalue weighted by molar-refractivity contribution is 5.84. The third kappa shape index (κ3) is 4.00. The normalized spacial score (nSPS) is 13.1. The lowest BCUT2D eigenvalue weighted by Crippen LogP contribution is -2.40. The minimum Gasteiger partial charge on any atom is -0.340 e. The number of hydrogen-bond donors (Lipinski definition) is 0. The molecule has 0 fully saturated rings. The molecule has 0 bridgehead atoms. The molecule has 1 aliphatic heterocycles. The van der Waals surface area contributed by atoms with E-state index in [1.54, 1.807) is 12.4 Å². The summed E-state index contributed by atoms with van der Waals surface area (Å²) in [5.41, 5.74) is 6.70. The number of nitrogens with zero attached hydrogens (tertiary/aromatic N) is 4. The van der Waals surface area contributed by atoms with Gasteiger partial charge in [-0.25, -0.2) is 9.97 Å². The molecule has 0 atom stereocenters. The molecule has 0 unspecified atom stereocenters. The summed E-state index contributed by atoms with van der Waals surface area (Å²) in [5, 5.41) is 0. The maximum Gasteiger partial charge on any atom is 0.221 e. The number of aromatic nitrogens is 2. The van der Waals surface area contributed by atoms with Gasteiger partial charge in [-0.2, -0.15) is 0 Å². The predicted molar refractivity (Wildman–Crippen MR) is 145 cm³/mol. The fraction of sp³-hybridized carbons (Fsp3) is 0.0968. The monoisotopic (exact) mass is 470 g/mol. The van der Waals surface area contributed by atoms with E-state index in [1.807, 2.05) is 19.1 Å². The zero-order valence-electron chi connectivity index (χ0n) is 20.0. The Morgan fingerprint density at radius 2 is 0.944 bits per heavy atom. The van der Waals surface area contributed by atoms with E-state index in [0.29, 0.717) is 6.61 Å². The van der Waals surface area contributed by atoms with Crippen LogP contribution in [0.1, 0.15) is 6.92 Å². The molecule has 176 valence electrons. The predicted octanol–water partition coefficient (Wildman–Crippen LogP) is 7.42. The van der Waals surface area contributed by atoms with Gasteiger partial charge in [-0.05, 0) is 53.4 Å². The fourth-order valence-electron chi connectivity index (χ4n) is 4.68. The third-order valence-electron chi connectivity index (χ3n) is 6.38. The second-order valence-corrected chi connectivity index (χ2v) is 8.55. The van der Waals surface area contributed by atoms with Crippen molar-refractivity contribution in [3.05, 3.63) is 122 Å². The third-order valence-corrected chi connectivity index (χ3v) is 6.38. The van der Waals surface area contributed by atoms with Gasteiger partial charge in [0.05, 0.1) is 0 Å². The molecule has 0 spiro atoms. The second kappa shape index (κ2) is 9.64. The molecule has 1 aliphatic rings. The van der Waals surface area contributed by atoms with Gasteiger partial charge in [0.1, 0.15) is 0 Å². The van der Waals surface area contributed by atoms with E-state index in [0.717, 1.165) is 23.0 Å². The Kier molecular flexibility index (Phi) is 5.90. The molecule has 0 amide bonds. The van der Waals surface area contributed by atoms with Crippen LogP contribution in [0.25, 0.3) is 22.3 Å². The summed E-state index contributed by atoms with van der Waals surface area (Å²) < 4.78 is 6.32. The Morgan fingerprint density at radius 3 is 1.33 bits per heavy atom. The Bertz CT molecular complexity index is 1330. The molecule has 0 aliphatic carbocycles. The molecule has 2 heterocycles. The summed E-state index contributed by atoms with van der Waals surface area (Å²) in [6, 6.07) is 37.8. The molecule has 4 aromatic carbocycles. The first-order valence-corrected chi connectivity index (χ1v) is 12.2. The van der Waals surface area contributed by atoms with E-state index in [2.05, 4.69) is 107 Å². The van der Waals surface area contributed by atoms with Gasteiger partial charge in [0.15, 0.2) is 11.6 Å². The first kappa shape index (κ1) is 22.0. The number of rotatable bonds is 6. The summed E-state index contributed by atoms with van der Waals surface area (Å²) in [6.45, 7) is 2.56. The SMILES string of the molecule is CCOC1N(c2ccc(-c3ccccc3)cc2)c2nccnc2N1c1ccc(-c2ccccc2)cc1. The summed E-state index contributed by atoms with van der Waals surface area (Å²) in [5.74, 6) is 1.55. The van der Waals surface area contributed by atoms with Gasteiger partial charge in [0, 0.05) is 30.4 Å². The highest BCUT2D eigenvalue weighted by Gasteiger charge is 2.40. The molecule has 0 saturated heterocycles. The maximum atomic E-state index is 6.32. The Balaban J connectivity index is 1.38. The first-order chi connectivity index (χ1) is 17.8. The lowest BCUT2D eigenvalue weighted by molar-refractivity contribution is 0.0767. The second-order valence-electron chi connectivity index (χ2n) is 8.55. The van der Waals surface area contributed by atoms with E-state index in [4.69, 9.17) is 14.7 Å². The van der Waals surface area contributed by atoms with Gasteiger partial charge < -0.3 is 4.74 Å². The molecule has 1 aromatic heterocycles. The van der Waals surface area contributed by atoms with Crippen LogP contribution in [0.3, 0.4) is 0 Å². The van der Waals surface area contributed by atoms with Gasteiger partial charge in [0.2, 0.25) is 6.35 Å². The van der Waals surface area contributed by atoms with Gasteiger partial charge in [0.25, 0.3) is 0 Å². The molecule has 0 radical (unpaired) electrons. The minimum atomic E-state index is -0.405. The van der Waals surface area contributed by atoms with Crippen molar-refractivity contribution >= 4 is 23.0 Å². The lowest BCUT2D eigenvalue weighted by atomic mass is 10.1. The fourth-order valence-corrected chi connectivity index (χ4v) is 4.68.